The number of benzene rings is 2. The third-order valence-electron chi connectivity index (χ3n) is 4.48. The molecule has 0 unspecified atom stereocenters. The number of rotatable bonds is 8. The monoisotopic (exact) mass is 381 g/mol. The highest BCUT2D eigenvalue weighted by Gasteiger charge is 2.11. The predicted molar refractivity (Wildman–Crippen MR) is 107 cm³/mol. The molecule has 0 aliphatic rings. The molecule has 28 heavy (non-hydrogen) atoms. The molecule has 0 radical (unpaired) electrons. The number of ether oxygens (including phenoxy) is 2. The number of carbonyl (C=O) groups is 1. The lowest BCUT2D eigenvalue weighted by Gasteiger charge is -2.18. The van der Waals surface area contributed by atoms with Crippen molar-refractivity contribution in [1.82, 2.24) is 14.7 Å². The fourth-order valence-corrected chi connectivity index (χ4v) is 2.89. The van der Waals surface area contributed by atoms with Crippen LogP contribution in [0.2, 0.25) is 0 Å². The average Bonchev–Trinajstić information content (AvgIpc) is 2.73. The van der Waals surface area contributed by atoms with Gasteiger partial charge in [0.25, 0.3) is 0 Å². The Labute approximate surface area is 163 Å². The summed E-state index contributed by atoms with van der Waals surface area (Å²) >= 11 is 0. The highest BCUT2D eigenvalue weighted by molar-refractivity contribution is 5.79. The lowest BCUT2D eigenvalue weighted by Crippen LogP contribution is -2.31. The summed E-state index contributed by atoms with van der Waals surface area (Å²) in [5.41, 5.74) is 0.605. The maximum atomic E-state index is 12.4. The van der Waals surface area contributed by atoms with E-state index in [1.165, 1.54) is 6.20 Å². The first-order valence-electron chi connectivity index (χ1n) is 9.05. The molecule has 1 heterocycles. The molecule has 0 N–H and O–H groups in total. The maximum Gasteiger partial charge on any atom is 0.224 e. The minimum Gasteiger partial charge on any atom is -0.493 e. The van der Waals surface area contributed by atoms with E-state index in [0.29, 0.717) is 36.6 Å². The van der Waals surface area contributed by atoms with Crippen molar-refractivity contribution in [3.05, 3.63) is 65.0 Å². The van der Waals surface area contributed by atoms with Crippen LogP contribution in [0.15, 0.2) is 59.5 Å². The second kappa shape index (κ2) is 9.03. The number of carbonyl (C=O) groups excluding carboxylic acids is 1. The first-order valence-corrected chi connectivity index (χ1v) is 9.05. The van der Waals surface area contributed by atoms with E-state index >= 15 is 0 Å². The van der Waals surface area contributed by atoms with Crippen LogP contribution >= 0.6 is 0 Å². The molecule has 0 spiro atoms. The molecule has 3 rings (SSSR count). The van der Waals surface area contributed by atoms with Crippen LogP contribution < -0.4 is 14.9 Å². The van der Waals surface area contributed by atoms with Gasteiger partial charge in [0.05, 0.1) is 31.9 Å². The maximum absolute atomic E-state index is 12.4. The van der Waals surface area contributed by atoms with Gasteiger partial charge in [-0.2, -0.15) is 5.10 Å². The fourth-order valence-electron chi connectivity index (χ4n) is 2.89. The Morgan fingerprint density at radius 2 is 1.82 bits per heavy atom. The minimum absolute atomic E-state index is 0.0202. The highest BCUT2D eigenvalue weighted by Crippen LogP contribution is 2.25. The van der Waals surface area contributed by atoms with E-state index in [2.05, 4.69) is 5.10 Å². The summed E-state index contributed by atoms with van der Waals surface area (Å²) in [5, 5.41) is 4.75. The Bertz CT molecular complexity index is 1020. The van der Waals surface area contributed by atoms with E-state index in [1.54, 1.807) is 29.8 Å². The zero-order chi connectivity index (χ0) is 19.9. The van der Waals surface area contributed by atoms with E-state index in [1.807, 2.05) is 42.5 Å². The van der Waals surface area contributed by atoms with Crippen LogP contribution in [-0.4, -0.2) is 47.9 Å². The van der Waals surface area contributed by atoms with Crippen LogP contribution in [0.1, 0.15) is 6.42 Å². The molecule has 0 bridgehead atoms. The van der Waals surface area contributed by atoms with Crippen molar-refractivity contribution in [2.75, 3.05) is 27.3 Å². The number of para-hydroxylation sites is 3. The molecular weight excluding hydrogens is 358 g/mol. The second-order valence-corrected chi connectivity index (χ2v) is 6.31. The van der Waals surface area contributed by atoms with Crippen LogP contribution in [0.4, 0.5) is 0 Å². The van der Waals surface area contributed by atoms with Gasteiger partial charge in [-0.15, -0.1) is 0 Å². The number of nitrogens with zero attached hydrogens (tertiary/aromatic N) is 3. The molecule has 2 aromatic carbocycles. The highest BCUT2D eigenvalue weighted by atomic mass is 16.5. The van der Waals surface area contributed by atoms with Gasteiger partial charge >= 0.3 is 0 Å². The molecule has 0 aliphatic heterocycles. The lowest BCUT2D eigenvalue weighted by atomic mass is 10.2. The molecule has 146 valence electrons. The molecule has 7 nitrogen and oxygen atoms in total. The molecule has 0 fully saturated rings. The molecule has 0 saturated heterocycles. The van der Waals surface area contributed by atoms with Crippen LogP contribution in [0.3, 0.4) is 0 Å². The average molecular weight is 381 g/mol. The summed E-state index contributed by atoms with van der Waals surface area (Å²) in [7, 11) is 3.33. The smallest absolute Gasteiger partial charge is 0.224 e. The number of aryl methyl sites for hydroxylation is 1. The number of methoxy groups -OCH3 is 1. The first kappa shape index (κ1) is 19.4. The van der Waals surface area contributed by atoms with Gasteiger partial charge in [0, 0.05) is 18.9 Å². The van der Waals surface area contributed by atoms with E-state index in [9.17, 15) is 9.59 Å². The molecule has 0 aliphatic carbocycles. The van der Waals surface area contributed by atoms with Crippen LogP contribution in [0.25, 0.3) is 10.9 Å². The number of hydrogen-bond acceptors (Lipinski definition) is 5. The van der Waals surface area contributed by atoms with Gasteiger partial charge in [0.15, 0.2) is 11.5 Å². The third-order valence-corrected chi connectivity index (χ3v) is 4.48. The largest absolute Gasteiger partial charge is 0.493 e. The summed E-state index contributed by atoms with van der Waals surface area (Å²) in [6.07, 6.45) is 1.57. The van der Waals surface area contributed by atoms with Crippen molar-refractivity contribution in [1.29, 1.82) is 0 Å². The van der Waals surface area contributed by atoms with Crippen molar-refractivity contribution in [3.8, 4) is 11.5 Å². The Morgan fingerprint density at radius 1 is 1.11 bits per heavy atom. The van der Waals surface area contributed by atoms with Gasteiger partial charge in [-0.3, -0.25) is 14.3 Å². The minimum atomic E-state index is -0.121. The predicted octanol–water partition coefficient (Wildman–Crippen LogP) is 2.33. The number of amides is 1. The quantitative estimate of drug-likeness (QED) is 0.599. The molecule has 1 amide bonds. The topological polar surface area (TPSA) is 73.7 Å². The zero-order valence-electron chi connectivity index (χ0n) is 16.0. The van der Waals surface area contributed by atoms with Crippen molar-refractivity contribution in [2.45, 2.75) is 13.0 Å². The van der Waals surface area contributed by atoms with Gasteiger partial charge < -0.3 is 14.4 Å². The van der Waals surface area contributed by atoms with Crippen LogP contribution in [-0.2, 0) is 11.3 Å². The van der Waals surface area contributed by atoms with E-state index in [0.717, 1.165) is 5.52 Å². The number of hydrogen-bond donors (Lipinski definition) is 0. The van der Waals surface area contributed by atoms with Crippen LogP contribution in [0.5, 0.6) is 11.5 Å². The van der Waals surface area contributed by atoms with Crippen molar-refractivity contribution in [3.63, 3.8) is 0 Å². The number of fused-ring (bicyclic) bond motifs is 1. The fraction of sp³-hybridized carbons (Fsp3) is 0.286. The lowest BCUT2D eigenvalue weighted by molar-refractivity contribution is -0.130. The SMILES string of the molecule is COc1ccccc1OCCN(C)C(=O)CCn1ncc(=O)c2ccccc21. The van der Waals surface area contributed by atoms with Gasteiger partial charge in [0.1, 0.15) is 6.61 Å². The Kier molecular flexibility index (Phi) is 6.26. The van der Waals surface area contributed by atoms with E-state index in [4.69, 9.17) is 9.47 Å². The molecule has 3 aromatic rings. The molecule has 0 saturated carbocycles. The summed E-state index contributed by atoms with van der Waals surface area (Å²) in [6, 6.07) is 14.7. The van der Waals surface area contributed by atoms with Crippen LogP contribution in [0, 0.1) is 0 Å². The van der Waals surface area contributed by atoms with Crippen molar-refractivity contribution >= 4 is 16.8 Å². The van der Waals surface area contributed by atoms with Crippen molar-refractivity contribution < 1.29 is 14.3 Å². The molecule has 1 aromatic heterocycles. The Balaban J connectivity index is 1.54. The molecular formula is C21H23N3O4. The summed E-state index contributed by atoms with van der Waals surface area (Å²) in [5.74, 6) is 1.29. The number of likely N-dealkylation sites (N-methyl/N-ethyl adjacent to an activating group) is 1. The normalized spacial score (nSPS) is 10.6. The van der Waals surface area contributed by atoms with E-state index < -0.39 is 0 Å². The van der Waals surface area contributed by atoms with E-state index in [-0.39, 0.29) is 17.8 Å². The Hall–Kier alpha value is -3.35. The molecule has 0 atom stereocenters. The second-order valence-electron chi connectivity index (χ2n) is 6.31. The third kappa shape index (κ3) is 4.49. The summed E-state index contributed by atoms with van der Waals surface area (Å²) < 4.78 is 12.6. The zero-order valence-corrected chi connectivity index (χ0v) is 16.0. The van der Waals surface area contributed by atoms with Crippen molar-refractivity contribution in [2.24, 2.45) is 0 Å². The van der Waals surface area contributed by atoms with Gasteiger partial charge in [-0.1, -0.05) is 24.3 Å². The Morgan fingerprint density at radius 3 is 2.61 bits per heavy atom. The number of aromatic nitrogens is 2. The summed E-state index contributed by atoms with van der Waals surface area (Å²) in [4.78, 5) is 25.9. The van der Waals surface area contributed by atoms with Gasteiger partial charge in [-0.05, 0) is 24.3 Å². The first-order chi connectivity index (χ1) is 13.6. The molecule has 7 heteroatoms. The van der Waals surface area contributed by atoms with Gasteiger partial charge in [-0.25, -0.2) is 0 Å². The van der Waals surface area contributed by atoms with Gasteiger partial charge in [0.2, 0.25) is 11.3 Å². The summed E-state index contributed by atoms with van der Waals surface area (Å²) in [6.45, 7) is 1.22. The standard InChI is InChI=1S/C21H23N3O4/c1-23(13-14-28-20-10-6-5-9-19(20)27-2)21(26)11-12-24-17-8-4-3-7-16(17)18(25)15-22-24/h3-10,15H,11-14H2,1-2H3.